The van der Waals surface area contributed by atoms with Gasteiger partial charge in [0.2, 0.25) is 0 Å². The second-order valence-electron chi connectivity index (χ2n) is 6.32. The molecule has 1 N–H and O–H groups in total. The lowest BCUT2D eigenvalue weighted by molar-refractivity contribution is 0.0276. The topological polar surface area (TPSA) is 53.9 Å². The van der Waals surface area contributed by atoms with Gasteiger partial charge in [-0.2, -0.15) is 0 Å². The molecule has 7 heteroatoms. The number of benzene rings is 1. The van der Waals surface area contributed by atoms with Crippen molar-refractivity contribution in [2.75, 3.05) is 19.6 Å². The molecule has 23 heavy (non-hydrogen) atoms. The number of carbonyl (C=O) groups excluding carboxylic acids is 1. The molecule has 1 aromatic carbocycles. The van der Waals surface area contributed by atoms with Gasteiger partial charge in [0.25, 0.3) is 0 Å². The number of aliphatic imine (C=N–C) groups is 1. The summed E-state index contributed by atoms with van der Waals surface area (Å²) >= 11 is 3.39. The van der Waals surface area contributed by atoms with Crippen LogP contribution in [0.25, 0.3) is 0 Å². The van der Waals surface area contributed by atoms with Crippen molar-refractivity contribution >= 4 is 27.9 Å². The molecule has 0 radical (unpaired) electrons. The average Bonchev–Trinajstić information content (AvgIpc) is 2.47. The number of rotatable bonds is 2. The van der Waals surface area contributed by atoms with E-state index in [1.165, 1.54) is 12.1 Å². The molecule has 1 aromatic rings. The van der Waals surface area contributed by atoms with Gasteiger partial charge in [0.15, 0.2) is 0 Å². The molecule has 0 spiro atoms. The fourth-order valence-corrected chi connectivity index (χ4v) is 2.47. The molecule has 0 saturated carbocycles. The van der Waals surface area contributed by atoms with Crippen LogP contribution in [0.2, 0.25) is 0 Å². The Balaban J connectivity index is 1.93. The number of hydrogen-bond acceptors (Lipinski definition) is 4. The minimum atomic E-state index is -0.522. The van der Waals surface area contributed by atoms with E-state index in [1.54, 1.807) is 11.0 Å². The molecule has 0 unspecified atom stereocenters. The van der Waals surface area contributed by atoms with Crippen molar-refractivity contribution in [3.05, 3.63) is 34.1 Å². The summed E-state index contributed by atoms with van der Waals surface area (Å²) in [7, 11) is 0. The SMILES string of the molecule is CC(C)(C)OC(=O)N1CCN=C(NCc2cc(F)ccc2Br)C1. The highest BCUT2D eigenvalue weighted by molar-refractivity contribution is 9.10. The molecule has 1 heterocycles. The third-order valence-corrected chi connectivity index (χ3v) is 3.93. The second kappa shape index (κ2) is 7.29. The van der Waals surface area contributed by atoms with E-state index in [1.807, 2.05) is 20.8 Å². The standard InChI is InChI=1S/C16H21BrFN3O2/c1-16(2,3)23-15(22)21-7-6-19-14(10-21)20-9-11-8-12(18)4-5-13(11)17/h4-5,8H,6-7,9-10H2,1-3H3,(H,19,20). The first-order valence-corrected chi connectivity index (χ1v) is 8.23. The minimum absolute atomic E-state index is 0.286. The molecule has 1 aliphatic heterocycles. The van der Waals surface area contributed by atoms with Crippen LogP contribution in [-0.2, 0) is 11.3 Å². The van der Waals surface area contributed by atoms with Gasteiger partial charge in [-0.25, -0.2) is 9.18 Å². The highest BCUT2D eigenvalue weighted by atomic mass is 79.9. The van der Waals surface area contributed by atoms with Crippen LogP contribution < -0.4 is 5.32 Å². The van der Waals surface area contributed by atoms with E-state index in [9.17, 15) is 9.18 Å². The number of amides is 1. The number of nitrogens with zero attached hydrogens (tertiary/aromatic N) is 2. The minimum Gasteiger partial charge on any atom is -0.444 e. The molecule has 126 valence electrons. The van der Waals surface area contributed by atoms with Crippen LogP contribution in [0.3, 0.4) is 0 Å². The van der Waals surface area contributed by atoms with E-state index < -0.39 is 5.60 Å². The molecule has 0 aromatic heterocycles. The van der Waals surface area contributed by atoms with Crippen molar-refractivity contribution in [2.45, 2.75) is 32.9 Å². The van der Waals surface area contributed by atoms with E-state index in [0.717, 1.165) is 10.0 Å². The molecule has 1 amide bonds. The Labute approximate surface area is 144 Å². The zero-order chi connectivity index (χ0) is 17.0. The number of halogens is 2. The zero-order valence-electron chi connectivity index (χ0n) is 13.5. The quantitative estimate of drug-likeness (QED) is 0.849. The van der Waals surface area contributed by atoms with Crippen molar-refractivity contribution < 1.29 is 13.9 Å². The Hall–Kier alpha value is -1.63. The zero-order valence-corrected chi connectivity index (χ0v) is 15.1. The molecular formula is C16H21BrFN3O2. The summed E-state index contributed by atoms with van der Waals surface area (Å²) in [4.78, 5) is 18.1. The largest absolute Gasteiger partial charge is 0.444 e. The van der Waals surface area contributed by atoms with Crippen molar-refractivity contribution in [3.63, 3.8) is 0 Å². The molecule has 0 saturated heterocycles. The Kier molecular flexibility index (Phi) is 5.62. The summed E-state index contributed by atoms with van der Waals surface area (Å²) in [5, 5.41) is 3.16. The van der Waals surface area contributed by atoms with Crippen LogP contribution in [0.15, 0.2) is 27.7 Å². The summed E-state index contributed by atoms with van der Waals surface area (Å²) in [5.41, 5.74) is 0.271. The van der Waals surface area contributed by atoms with Crippen molar-refractivity contribution in [1.29, 1.82) is 0 Å². The molecular weight excluding hydrogens is 365 g/mol. The van der Waals surface area contributed by atoms with E-state index in [-0.39, 0.29) is 11.9 Å². The average molecular weight is 386 g/mol. The Morgan fingerprint density at radius 1 is 1.48 bits per heavy atom. The van der Waals surface area contributed by atoms with E-state index >= 15 is 0 Å². The van der Waals surface area contributed by atoms with Crippen molar-refractivity contribution in [1.82, 2.24) is 10.2 Å². The van der Waals surface area contributed by atoms with Gasteiger partial charge < -0.3 is 10.1 Å². The van der Waals surface area contributed by atoms with E-state index in [2.05, 4.69) is 26.2 Å². The maximum absolute atomic E-state index is 13.3. The third kappa shape index (κ3) is 5.49. The third-order valence-electron chi connectivity index (χ3n) is 3.16. The number of carbonyl (C=O) groups is 1. The summed E-state index contributed by atoms with van der Waals surface area (Å²) in [6.07, 6.45) is -0.348. The lowest BCUT2D eigenvalue weighted by atomic mass is 10.2. The highest BCUT2D eigenvalue weighted by Crippen LogP contribution is 2.17. The maximum atomic E-state index is 13.3. The predicted molar refractivity (Wildman–Crippen MR) is 91.0 cm³/mol. The Morgan fingerprint density at radius 3 is 2.91 bits per heavy atom. The molecule has 0 aliphatic carbocycles. The number of amidine groups is 1. The number of nitrogens with one attached hydrogen (secondary N) is 1. The van der Waals surface area contributed by atoms with Gasteiger partial charge in [-0.1, -0.05) is 15.9 Å². The van der Waals surface area contributed by atoms with Crippen molar-refractivity contribution in [2.24, 2.45) is 4.99 Å². The van der Waals surface area contributed by atoms with Gasteiger partial charge in [0.05, 0.1) is 13.1 Å². The first-order valence-electron chi connectivity index (χ1n) is 7.43. The maximum Gasteiger partial charge on any atom is 0.410 e. The van der Waals surface area contributed by atoms with Crippen LogP contribution in [0, 0.1) is 5.82 Å². The van der Waals surface area contributed by atoms with Crippen LogP contribution in [0.1, 0.15) is 26.3 Å². The molecule has 0 bridgehead atoms. The summed E-state index contributed by atoms with van der Waals surface area (Å²) in [6, 6.07) is 4.53. The van der Waals surface area contributed by atoms with E-state index in [0.29, 0.717) is 32.0 Å². The molecule has 2 rings (SSSR count). The van der Waals surface area contributed by atoms with Crippen LogP contribution in [0.5, 0.6) is 0 Å². The Bertz CT molecular complexity index is 614. The molecule has 0 fully saturated rings. The summed E-state index contributed by atoms with van der Waals surface area (Å²) in [5.74, 6) is 0.407. The first-order chi connectivity index (χ1) is 10.7. The van der Waals surface area contributed by atoms with Gasteiger partial charge in [-0.05, 0) is 44.5 Å². The smallest absolute Gasteiger partial charge is 0.410 e. The monoisotopic (exact) mass is 385 g/mol. The molecule has 0 atom stereocenters. The fourth-order valence-electron chi connectivity index (χ4n) is 2.09. The summed E-state index contributed by atoms with van der Waals surface area (Å²) in [6.45, 7) is 7.35. The normalized spacial score (nSPS) is 15.2. The predicted octanol–water partition coefficient (Wildman–Crippen LogP) is 3.33. The number of ether oxygens (including phenoxy) is 1. The van der Waals surface area contributed by atoms with Gasteiger partial charge in [0, 0.05) is 17.6 Å². The van der Waals surface area contributed by atoms with Crippen LogP contribution in [0.4, 0.5) is 9.18 Å². The molecule has 5 nitrogen and oxygen atoms in total. The van der Waals surface area contributed by atoms with Gasteiger partial charge in [-0.15, -0.1) is 0 Å². The Morgan fingerprint density at radius 2 is 2.22 bits per heavy atom. The lowest BCUT2D eigenvalue weighted by Gasteiger charge is -2.30. The highest BCUT2D eigenvalue weighted by Gasteiger charge is 2.24. The second-order valence-corrected chi connectivity index (χ2v) is 7.17. The first kappa shape index (κ1) is 17.7. The fraction of sp³-hybridized carbons (Fsp3) is 0.500. The summed E-state index contributed by atoms with van der Waals surface area (Å²) < 4.78 is 19.5. The van der Waals surface area contributed by atoms with Gasteiger partial charge >= 0.3 is 6.09 Å². The van der Waals surface area contributed by atoms with Gasteiger partial charge in [0.1, 0.15) is 17.3 Å². The van der Waals surface area contributed by atoms with Gasteiger partial charge in [-0.3, -0.25) is 9.89 Å². The van der Waals surface area contributed by atoms with Crippen molar-refractivity contribution in [3.8, 4) is 0 Å². The van der Waals surface area contributed by atoms with Crippen LogP contribution in [-0.4, -0.2) is 42.1 Å². The lowest BCUT2D eigenvalue weighted by Crippen LogP contribution is -2.47. The van der Waals surface area contributed by atoms with Crippen LogP contribution >= 0.6 is 15.9 Å². The van der Waals surface area contributed by atoms with E-state index in [4.69, 9.17) is 4.74 Å². The molecule has 1 aliphatic rings. The number of hydrogen-bond donors (Lipinski definition) is 1.